The summed E-state index contributed by atoms with van der Waals surface area (Å²) < 4.78 is 11.0. The van der Waals surface area contributed by atoms with Crippen LogP contribution in [-0.2, 0) is 0 Å². The van der Waals surface area contributed by atoms with E-state index in [9.17, 15) is 0 Å². The number of piperidine rings is 1. The summed E-state index contributed by atoms with van der Waals surface area (Å²) >= 11 is 0. The van der Waals surface area contributed by atoms with Crippen LogP contribution in [0.15, 0.2) is 24.3 Å². The minimum Gasteiger partial charge on any atom is -0.493 e. The highest BCUT2D eigenvalue weighted by atomic mass is 16.5. The number of nitrogens with one attached hydrogen (secondary N) is 1. The maximum Gasteiger partial charge on any atom is 0.161 e. The van der Waals surface area contributed by atoms with Gasteiger partial charge in [0.25, 0.3) is 0 Å². The Balaban J connectivity index is 1.58. The minimum atomic E-state index is 0.675. The molecule has 0 aliphatic carbocycles. The van der Waals surface area contributed by atoms with Gasteiger partial charge < -0.3 is 19.7 Å². The van der Waals surface area contributed by atoms with Crippen molar-refractivity contribution < 1.29 is 9.47 Å². The van der Waals surface area contributed by atoms with Gasteiger partial charge in [-0.25, -0.2) is 0 Å². The molecule has 0 aromatic heterocycles. The van der Waals surface area contributed by atoms with E-state index in [1.165, 1.54) is 32.5 Å². The van der Waals surface area contributed by atoms with Crippen molar-refractivity contribution in [3.8, 4) is 11.5 Å². The fourth-order valence-corrected chi connectivity index (χ4v) is 2.78. The first kappa shape index (κ1) is 16.1. The van der Waals surface area contributed by atoms with Crippen molar-refractivity contribution in [2.45, 2.75) is 19.8 Å². The van der Waals surface area contributed by atoms with Crippen molar-refractivity contribution in [1.29, 1.82) is 0 Å². The number of hydrogen-bond donors (Lipinski definition) is 1. The third kappa shape index (κ3) is 5.21. The molecule has 1 N–H and O–H groups in total. The summed E-state index contributed by atoms with van der Waals surface area (Å²) in [7, 11) is 1.67. The number of nitrogens with zero attached hydrogens (tertiary/aromatic N) is 1. The largest absolute Gasteiger partial charge is 0.493 e. The summed E-state index contributed by atoms with van der Waals surface area (Å²) in [5, 5.41) is 3.51. The maximum absolute atomic E-state index is 5.76. The number of rotatable bonds is 8. The van der Waals surface area contributed by atoms with Crippen LogP contribution in [-0.4, -0.2) is 51.3 Å². The normalized spacial score (nSPS) is 16.9. The van der Waals surface area contributed by atoms with Crippen LogP contribution in [0.4, 0.5) is 0 Å². The van der Waals surface area contributed by atoms with Crippen molar-refractivity contribution in [2.75, 3.05) is 46.4 Å². The first-order chi connectivity index (χ1) is 10.3. The number of ether oxygens (including phenoxy) is 2. The number of methoxy groups -OCH3 is 1. The standard InChI is InChI=1S/C17H28N2O2/c1-3-19-11-8-15(9-12-19)14-18-10-13-21-17-7-5-4-6-16(17)20-2/h4-7,15,18H,3,8-14H2,1-2H3. The molecule has 0 unspecified atom stereocenters. The van der Waals surface area contributed by atoms with Gasteiger partial charge in [-0.3, -0.25) is 0 Å². The second kappa shape index (κ2) is 8.90. The lowest BCUT2D eigenvalue weighted by molar-refractivity contribution is 0.188. The number of para-hydroxylation sites is 2. The quantitative estimate of drug-likeness (QED) is 0.746. The molecule has 0 amide bonds. The van der Waals surface area contributed by atoms with Crippen LogP contribution in [0.3, 0.4) is 0 Å². The van der Waals surface area contributed by atoms with Crippen LogP contribution >= 0.6 is 0 Å². The third-order valence-electron chi connectivity index (χ3n) is 4.19. The molecule has 21 heavy (non-hydrogen) atoms. The number of likely N-dealkylation sites (tertiary alicyclic amines) is 1. The summed E-state index contributed by atoms with van der Waals surface area (Å²) in [6.45, 7) is 8.59. The molecular weight excluding hydrogens is 264 g/mol. The molecule has 1 aliphatic heterocycles. The smallest absolute Gasteiger partial charge is 0.161 e. The monoisotopic (exact) mass is 292 g/mol. The van der Waals surface area contributed by atoms with Gasteiger partial charge in [-0.05, 0) is 57.1 Å². The molecule has 0 bridgehead atoms. The van der Waals surface area contributed by atoms with Crippen LogP contribution in [0.1, 0.15) is 19.8 Å². The Kier molecular flexibility index (Phi) is 6.83. The molecule has 1 aromatic rings. The van der Waals surface area contributed by atoms with E-state index < -0.39 is 0 Å². The zero-order valence-corrected chi connectivity index (χ0v) is 13.3. The van der Waals surface area contributed by atoms with Crippen LogP contribution in [0.2, 0.25) is 0 Å². The highest BCUT2D eigenvalue weighted by molar-refractivity contribution is 5.39. The maximum atomic E-state index is 5.76. The van der Waals surface area contributed by atoms with Gasteiger partial charge in [0.2, 0.25) is 0 Å². The topological polar surface area (TPSA) is 33.7 Å². The first-order valence-electron chi connectivity index (χ1n) is 8.02. The SMILES string of the molecule is CCN1CCC(CNCCOc2ccccc2OC)CC1. The van der Waals surface area contributed by atoms with Gasteiger partial charge in [0.15, 0.2) is 11.5 Å². The van der Waals surface area contributed by atoms with E-state index >= 15 is 0 Å². The zero-order valence-electron chi connectivity index (χ0n) is 13.3. The Labute approximate surface area is 128 Å². The van der Waals surface area contributed by atoms with E-state index in [4.69, 9.17) is 9.47 Å². The minimum absolute atomic E-state index is 0.675. The van der Waals surface area contributed by atoms with Gasteiger partial charge in [-0.1, -0.05) is 19.1 Å². The second-order valence-electron chi connectivity index (χ2n) is 5.58. The summed E-state index contributed by atoms with van der Waals surface area (Å²) in [5.74, 6) is 2.43. The fraction of sp³-hybridized carbons (Fsp3) is 0.647. The van der Waals surface area contributed by atoms with E-state index in [1.54, 1.807) is 7.11 Å². The summed E-state index contributed by atoms with van der Waals surface area (Å²) in [6, 6.07) is 7.78. The third-order valence-corrected chi connectivity index (χ3v) is 4.19. The summed E-state index contributed by atoms with van der Waals surface area (Å²) in [4.78, 5) is 2.53. The lowest BCUT2D eigenvalue weighted by atomic mass is 9.97. The zero-order chi connectivity index (χ0) is 14.9. The van der Waals surface area contributed by atoms with Gasteiger partial charge >= 0.3 is 0 Å². The summed E-state index contributed by atoms with van der Waals surface area (Å²) in [6.07, 6.45) is 2.63. The highest BCUT2D eigenvalue weighted by Gasteiger charge is 2.17. The molecule has 4 nitrogen and oxygen atoms in total. The first-order valence-corrected chi connectivity index (χ1v) is 8.02. The molecule has 2 rings (SSSR count). The van der Waals surface area contributed by atoms with E-state index in [1.807, 2.05) is 24.3 Å². The molecule has 1 aromatic carbocycles. The van der Waals surface area contributed by atoms with Crippen molar-refractivity contribution in [3.63, 3.8) is 0 Å². The van der Waals surface area contributed by atoms with Crippen LogP contribution in [0.5, 0.6) is 11.5 Å². The van der Waals surface area contributed by atoms with Gasteiger partial charge in [0, 0.05) is 6.54 Å². The van der Waals surface area contributed by atoms with Crippen LogP contribution < -0.4 is 14.8 Å². The van der Waals surface area contributed by atoms with E-state index in [0.717, 1.165) is 30.5 Å². The highest BCUT2D eigenvalue weighted by Crippen LogP contribution is 2.25. The predicted molar refractivity (Wildman–Crippen MR) is 86.2 cm³/mol. The van der Waals surface area contributed by atoms with Crippen molar-refractivity contribution in [1.82, 2.24) is 10.2 Å². The molecule has 0 spiro atoms. The lowest BCUT2D eigenvalue weighted by Gasteiger charge is -2.31. The van der Waals surface area contributed by atoms with Gasteiger partial charge in [-0.2, -0.15) is 0 Å². The molecule has 1 fully saturated rings. The fourth-order valence-electron chi connectivity index (χ4n) is 2.78. The van der Waals surface area contributed by atoms with Gasteiger partial charge in [-0.15, -0.1) is 0 Å². The molecule has 1 aliphatic rings. The van der Waals surface area contributed by atoms with Gasteiger partial charge in [0.05, 0.1) is 7.11 Å². The molecular formula is C17H28N2O2. The molecule has 118 valence electrons. The predicted octanol–water partition coefficient (Wildman–Crippen LogP) is 2.40. The lowest BCUT2D eigenvalue weighted by Crippen LogP contribution is -2.37. The molecule has 1 heterocycles. The Hall–Kier alpha value is -1.26. The Bertz CT molecular complexity index is 404. The summed E-state index contributed by atoms with van der Waals surface area (Å²) in [5.41, 5.74) is 0. The Morgan fingerprint density at radius 2 is 1.90 bits per heavy atom. The molecule has 0 radical (unpaired) electrons. The Morgan fingerprint density at radius 3 is 2.57 bits per heavy atom. The molecule has 4 heteroatoms. The van der Waals surface area contributed by atoms with E-state index in [-0.39, 0.29) is 0 Å². The molecule has 0 saturated carbocycles. The average Bonchev–Trinajstić information content (AvgIpc) is 2.55. The van der Waals surface area contributed by atoms with Crippen molar-refractivity contribution in [2.24, 2.45) is 5.92 Å². The van der Waals surface area contributed by atoms with E-state index in [2.05, 4.69) is 17.1 Å². The van der Waals surface area contributed by atoms with E-state index in [0.29, 0.717) is 6.61 Å². The second-order valence-corrected chi connectivity index (χ2v) is 5.58. The van der Waals surface area contributed by atoms with Crippen LogP contribution in [0.25, 0.3) is 0 Å². The van der Waals surface area contributed by atoms with Crippen molar-refractivity contribution >= 4 is 0 Å². The van der Waals surface area contributed by atoms with Gasteiger partial charge in [0.1, 0.15) is 6.61 Å². The number of hydrogen-bond acceptors (Lipinski definition) is 4. The number of benzene rings is 1. The Morgan fingerprint density at radius 1 is 1.19 bits per heavy atom. The van der Waals surface area contributed by atoms with Crippen LogP contribution in [0, 0.1) is 5.92 Å². The average molecular weight is 292 g/mol. The van der Waals surface area contributed by atoms with Crippen molar-refractivity contribution in [3.05, 3.63) is 24.3 Å². The molecule has 1 saturated heterocycles. The molecule has 0 atom stereocenters.